The van der Waals surface area contributed by atoms with Gasteiger partial charge in [-0.3, -0.25) is 10.1 Å². The summed E-state index contributed by atoms with van der Waals surface area (Å²) in [6, 6.07) is 2.47. The van der Waals surface area contributed by atoms with E-state index < -0.39 is 4.92 Å². The Balaban J connectivity index is 1.85. The number of aromatic nitrogens is 1. The zero-order valence-corrected chi connectivity index (χ0v) is 10.7. The van der Waals surface area contributed by atoms with Crippen molar-refractivity contribution < 1.29 is 4.92 Å². The van der Waals surface area contributed by atoms with Crippen molar-refractivity contribution in [2.75, 3.05) is 25.5 Å². The van der Waals surface area contributed by atoms with E-state index in [1.54, 1.807) is 13.0 Å². The maximum atomic E-state index is 10.7. The lowest BCUT2D eigenvalue weighted by Crippen LogP contribution is -2.27. The molecule has 1 aromatic heterocycles. The molecule has 1 aliphatic carbocycles. The van der Waals surface area contributed by atoms with Crippen LogP contribution in [0.4, 0.5) is 11.5 Å². The van der Waals surface area contributed by atoms with Gasteiger partial charge in [0.2, 0.25) is 0 Å². The molecule has 2 rings (SSSR count). The normalized spacial score (nSPS) is 14.8. The van der Waals surface area contributed by atoms with E-state index in [1.807, 2.05) is 0 Å². The van der Waals surface area contributed by atoms with Crippen LogP contribution < -0.4 is 5.32 Å². The van der Waals surface area contributed by atoms with Gasteiger partial charge < -0.3 is 10.2 Å². The molecular weight excluding hydrogens is 232 g/mol. The van der Waals surface area contributed by atoms with Crippen molar-refractivity contribution in [3.63, 3.8) is 0 Å². The zero-order chi connectivity index (χ0) is 13.1. The van der Waals surface area contributed by atoms with Crippen LogP contribution in [0.2, 0.25) is 0 Å². The molecule has 1 fully saturated rings. The molecule has 98 valence electrons. The van der Waals surface area contributed by atoms with Gasteiger partial charge in [0.1, 0.15) is 12.0 Å². The van der Waals surface area contributed by atoms with Gasteiger partial charge in [-0.05, 0) is 32.9 Å². The molecule has 1 N–H and O–H groups in total. The lowest BCUT2D eigenvalue weighted by atomic mass is 10.2. The third-order valence-corrected chi connectivity index (χ3v) is 3.22. The summed E-state index contributed by atoms with van der Waals surface area (Å²) in [4.78, 5) is 16.6. The largest absolute Gasteiger partial charge is 0.369 e. The first kappa shape index (κ1) is 12.8. The third-order valence-electron chi connectivity index (χ3n) is 3.22. The quantitative estimate of drug-likeness (QED) is 0.615. The van der Waals surface area contributed by atoms with E-state index in [2.05, 4.69) is 22.2 Å². The Kier molecular flexibility index (Phi) is 3.76. The van der Waals surface area contributed by atoms with Crippen molar-refractivity contribution in [3.8, 4) is 0 Å². The van der Waals surface area contributed by atoms with Crippen LogP contribution >= 0.6 is 0 Å². The first-order valence-electron chi connectivity index (χ1n) is 6.13. The van der Waals surface area contributed by atoms with Gasteiger partial charge >= 0.3 is 0 Å². The fraction of sp³-hybridized carbons (Fsp3) is 0.583. The highest BCUT2D eigenvalue weighted by atomic mass is 16.6. The maximum absolute atomic E-state index is 10.7. The Morgan fingerprint density at radius 3 is 2.89 bits per heavy atom. The number of pyridine rings is 1. The first-order chi connectivity index (χ1) is 8.58. The van der Waals surface area contributed by atoms with Gasteiger partial charge in [-0.2, -0.15) is 0 Å². The summed E-state index contributed by atoms with van der Waals surface area (Å²) in [5.41, 5.74) is 0.698. The van der Waals surface area contributed by atoms with Crippen LogP contribution in [-0.4, -0.2) is 41.0 Å². The van der Waals surface area contributed by atoms with Gasteiger partial charge in [0.25, 0.3) is 5.69 Å². The molecule has 0 unspecified atom stereocenters. The van der Waals surface area contributed by atoms with Gasteiger partial charge in [-0.1, -0.05) is 0 Å². The minimum atomic E-state index is -0.410. The topological polar surface area (TPSA) is 71.3 Å². The SMILES string of the molecule is Cc1cc(NCCN(C)C2CC2)ncc1[N+](=O)[O-]. The molecule has 6 nitrogen and oxygen atoms in total. The van der Waals surface area contributed by atoms with Crippen molar-refractivity contribution in [2.45, 2.75) is 25.8 Å². The van der Waals surface area contributed by atoms with E-state index in [4.69, 9.17) is 0 Å². The number of rotatable bonds is 6. The number of anilines is 1. The second-order valence-electron chi connectivity index (χ2n) is 4.75. The average Bonchev–Trinajstić information content (AvgIpc) is 3.12. The van der Waals surface area contributed by atoms with Gasteiger partial charge in [0.05, 0.1) is 4.92 Å². The Morgan fingerprint density at radius 1 is 1.61 bits per heavy atom. The lowest BCUT2D eigenvalue weighted by molar-refractivity contribution is -0.385. The average molecular weight is 250 g/mol. The Hall–Kier alpha value is -1.69. The predicted molar refractivity (Wildman–Crippen MR) is 69.8 cm³/mol. The number of nitrogens with one attached hydrogen (secondary N) is 1. The molecule has 0 radical (unpaired) electrons. The molecular formula is C12H18N4O2. The minimum Gasteiger partial charge on any atom is -0.369 e. The lowest BCUT2D eigenvalue weighted by Gasteiger charge is -2.15. The van der Waals surface area contributed by atoms with Crippen LogP contribution in [0.15, 0.2) is 12.3 Å². The van der Waals surface area contributed by atoms with Crippen LogP contribution in [0, 0.1) is 17.0 Å². The summed E-state index contributed by atoms with van der Waals surface area (Å²) in [7, 11) is 2.12. The monoisotopic (exact) mass is 250 g/mol. The highest BCUT2D eigenvalue weighted by molar-refractivity contribution is 5.46. The molecule has 1 aliphatic rings. The fourth-order valence-corrected chi connectivity index (χ4v) is 1.89. The van der Waals surface area contributed by atoms with Gasteiger partial charge in [0.15, 0.2) is 0 Å². The number of aryl methyl sites for hydroxylation is 1. The van der Waals surface area contributed by atoms with E-state index >= 15 is 0 Å². The summed E-state index contributed by atoms with van der Waals surface area (Å²) in [6.07, 6.45) is 3.90. The minimum absolute atomic E-state index is 0.0654. The van der Waals surface area contributed by atoms with E-state index in [1.165, 1.54) is 19.0 Å². The standard InChI is InChI=1S/C12H18N4O2/c1-9-7-12(14-8-11(9)16(17)18)13-5-6-15(2)10-3-4-10/h7-8,10H,3-6H2,1-2H3,(H,13,14). The third kappa shape index (κ3) is 3.16. The summed E-state index contributed by atoms with van der Waals surface area (Å²) in [5, 5.41) is 13.8. The zero-order valence-electron chi connectivity index (χ0n) is 10.7. The Morgan fingerprint density at radius 2 is 2.33 bits per heavy atom. The van der Waals surface area contributed by atoms with Crippen molar-refractivity contribution in [3.05, 3.63) is 27.9 Å². The molecule has 0 saturated heterocycles. The highest BCUT2D eigenvalue weighted by Crippen LogP contribution is 2.24. The Bertz CT molecular complexity index is 446. The molecule has 0 amide bonds. The predicted octanol–water partition coefficient (Wildman–Crippen LogP) is 1.80. The van der Waals surface area contributed by atoms with Crippen molar-refractivity contribution in [1.82, 2.24) is 9.88 Å². The summed E-state index contributed by atoms with van der Waals surface area (Å²) < 4.78 is 0. The van der Waals surface area contributed by atoms with Gasteiger partial charge in [-0.25, -0.2) is 4.98 Å². The number of hydrogen-bond donors (Lipinski definition) is 1. The molecule has 0 aliphatic heterocycles. The van der Waals surface area contributed by atoms with Crippen LogP contribution in [-0.2, 0) is 0 Å². The second kappa shape index (κ2) is 5.30. The fourth-order valence-electron chi connectivity index (χ4n) is 1.89. The number of hydrogen-bond acceptors (Lipinski definition) is 5. The molecule has 1 aromatic rings. The van der Waals surface area contributed by atoms with Crippen LogP contribution in [0.1, 0.15) is 18.4 Å². The molecule has 0 atom stereocenters. The first-order valence-corrected chi connectivity index (χ1v) is 6.13. The molecule has 0 aromatic carbocycles. The molecule has 1 saturated carbocycles. The molecule has 0 spiro atoms. The maximum Gasteiger partial charge on any atom is 0.290 e. The summed E-state index contributed by atoms with van der Waals surface area (Å²) in [5.74, 6) is 0.697. The number of likely N-dealkylation sites (N-methyl/N-ethyl adjacent to an activating group) is 1. The van der Waals surface area contributed by atoms with Crippen molar-refractivity contribution in [2.24, 2.45) is 0 Å². The van der Waals surface area contributed by atoms with Gasteiger partial charge in [-0.15, -0.1) is 0 Å². The van der Waals surface area contributed by atoms with Gasteiger partial charge in [0, 0.05) is 24.7 Å². The van der Waals surface area contributed by atoms with Crippen LogP contribution in [0.3, 0.4) is 0 Å². The molecule has 0 bridgehead atoms. The van der Waals surface area contributed by atoms with Crippen LogP contribution in [0.25, 0.3) is 0 Å². The number of nitro groups is 1. The molecule has 6 heteroatoms. The molecule has 18 heavy (non-hydrogen) atoms. The smallest absolute Gasteiger partial charge is 0.290 e. The van der Waals surface area contributed by atoms with E-state index in [0.29, 0.717) is 11.4 Å². The van der Waals surface area contributed by atoms with Crippen molar-refractivity contribution in [1.29, 1.82) is 0 Å². The van der Waals surface area contributed by atoms with Crippen molar-refractivity contribution >= 4 is 11.5 Å². The summed E-state index contributed by atoms with van der Waals surface area (Å²) in [6.45, 7) is 3.49. The number of nitrogens with zero attached hydrogens (tertiary/aromatic N) is 3. The second-order valence-corrected chi connectivity index (χ2v) is 4.75. The summed E-state index contributed by atoms with van der Waals surface area (Å²) >= 11 is 0. The Labute approximate surface area is 106 Å². The van der Waals surface area contributed by atoms with E-state index in [-0.39, 0.29) is 5.69 Å². The highest BCUT2D eigenvalue weighted by Gasteiger charge is 2.25. The van der Waals surface area contributed by atoms with E-state index in [0.717, 1.165) is 19.1 Å². The van der Waals surface area contributed by atoms with Crippen LogP contribution in [0.5, 0.6) is 0 Å². The molecule has 1 heterocycles. The van der Waals surface area contributed by atoms with E-state index in [9.17, 15) is 10.1 Å².